The molecule has 1 saturated heterocycles. The summed E-state index contributed by atoms with van der Waals surface area (Å²) in [6.45, 7) is 1.65. The Kier molecular flexibility index (Phi) is 2.67. The molecule has 0 aromatic carbocycles. The molecule has 0 spiro atoms. The molecule has 1 aromatic rings. The first-order chi connectivity index (χ1) is 6.75. The summed E-state index contributed by atoms with van der Waals surface area (Å²) in [5, 5.41) is 0. The molecule has 2 heterocycles. The second kappa shape index (κ2) is 3.96. The van der Waals surface area contributed by atoms with Crippen LogP contribution >= 0.6 is 15.9 Å². The molecule has 74 valence electrons. The van der Waals surface area contributed by atoms with E-state index in [1.807, 2.05) is 12.1 Å². The summed E-state index contributed by atoms with van der Waals surface area (Å²) in [7, 11) is 0. The Balaban J connectivity index is 2.03. The predicted octanol–water partition coefficient (Wildman–Crippen LogP) is 1.80. The molecule has 0 unspecified atom stereocenters. The number of amides is 1. The van der Waals surface area contributed by atoms with Crippen molar-refractivity contribution in [3.05, 3.63) is 28.5 Å². The van der Waals surface area contributed by atoms with Gasteiger partial charge in [0.1, 0.15) is 6.61 Å². The van der Waals surface area contributed by atoms with Crippen LogP contribution in [0.4, 0.5) is 4.79 Å². The molecule has 1 fully saturated rings. The Morgan fingerprint density at radius 2 is 2.43 bits per heavy atom. The fourth-order valence-electron chi connectivity index (χ4n) is 1.26. The van der Waals surface area contributed by atoms with Gasteiger partial charge in [0, 0.05) is 10.7 Å². The molecular weight excluding hydrogens is 248 g/mol. The van der Waals surface area contributed by atoms with Crippen LogP contribution < -0.4 is 0 Å². The lowest BCUT2D eigenvalue weighted by Gasteiger charge is -2.11. The minimum atomic E-state index is -0.255. The van der Waals surface area contributed by atoms with Crippen molar-refractivity contribution in [1.29, 1.82) is 0 Å². The second-order valence-corrected chi connectivity index (χ2v) is 3.92. The van der Waals surface area contributed by atoms with Gasteiger partial charge in [-0.1, -0.05) is 0 Å². The van der Waals surface area contributed by atoms with E-state index in [1.165, 1.54) is 0 Å². The van der Waals surface area contributed by atoms with Gasteiger partial charge in [-0.2, -0.15) is 0 Å². The first kappa shape index (κ1) is 9.45. The fraction of sp³-hybridized carbons (Fsp3) is 0.333. The number of carbonyl (C=O) groups excluding carboxylic acids is 1. The van der Waals surface area contributed by atoms with E-state index in [2.05, 4.69) is 20.9 Å². The van der Waals surface area contributed by atoms with Gasteiger partial charge in [-0.25, -0.2) is 4.79 Å². The van der Waals surface area contributed by atoms with Crippen LogP contribution in [0.15, 0.2) is 22.8 Å². The lowest BCUT2D eigenvalue weighted by Crippen LogP contribution is -2.23. The van der Waals surface area contributed by atoms with Gasteiger partial charge in [-0.05, 0) is 28.1 Å². The summed E-state index contributed by atoms with van der Waals surface area (Å²) in [5.41, 5.74) is 0.868. The van der Waals surface area contributed by atoms with Crippen molar-refractivity contribution >= 4 is 22.0 Å². The van der Waals surface area contributed by atoms with E-state index in [-0.39, 0.29) is 6.09 Å². The van der Waals surface area contributed by atoms with E-state index in [0.717, 1.165) is 10.2 Å². The van der Waals surface area contributed by atoms with Crippen molar-refractivity contribution < 1.29 is 9.53 Å². The SMILES string of the molecule is O=C1OCCN1Cc1ccc(Br)cn1. The van der Waals surface area contributed by atoms with Crippen molar-refractivity contribution in [3.8, 4) is 0 Å². The molecule has 0 bridgehead atoms. The van der Waals surface area contributed by atoms with Crippen LogP contribution in [0.1, 0.15) is 5.69 Å². The predicted molar refractivity (Wildman–Crippen MR) is 53.7 cm³/mol. The van der Waals surface area contributed by atoms with E-state index >= 15 is 0 Å². The third kappa shape index (κ3) is 2.04. The Morgan fingerprint density at radius 3 is 3.00 bits per heavy atom. The molecule has 1 aliphatic rings. The van der Waals surface area contributed by atoms with Crippen molar-refractivity contribution in [3.63, 3.8) is 0 Å². The zero-order valence-electron chi connectivity index (χ0n) is 7.44. The molecule has 14 heavy (non-hydrogen) atoms. The lowest BCUT2D eigenvalue weighted by atomic mass is 10.3. The van der Waals surface area contributed by atoms with Gasteiger partial charge in [-0.15, -0.1) is 0 Å². The Hall–Kier alpha value is -1.10. The molecule has 0 atom stereocenters. The number of hydrogen-bond donors (Lipinski definition) is 0. The fourth-order valence-corrected chi connectivity index (χ4v) is 1.50. The maximum atomic E-state index is 11.1. The monoisotopic (exact) mass is 256 g/mol. The number of pyridine rings is 1. The van der Waals surface area contributed by atoms with Crippen molar-refractivity contribution in [2.24, 2.45) is 0 Å². The molecule has 2 rings (SSSR count). The lowest BCUT2D eigenvalue weighted by molar-refractivity contribution is 0.157. The van der Waals surface area contributed by atoms with Crippen LogP contribution in [0, 0.1) is 0 Å². The Labute approximate surface area is 90.0 Å². The molecule has 4 nitrogen and oxygen atoms in total. The van der Waals surface area contributed by atoms with E-state index in [9.17, 15) is 4.79 Å². The number of aromatic nitrogens is 1. The zero-order valence-corrected chi connectivity index (χ0v) is 9.03. The van der Waals surface area contributed by atoms with Gasteiger partial charge in [0.25, 0.3) is 0 Å². The van der Waals surface area contributed by atoms with Gasteiger partial charge >= 0.3 is 6.09 Å². The van der Waals surface area contributed by atoms with Crippen molar-refractivity contribution in [2.75, 3.05) is 13.2 Å². The van der Waals surface area contributed by atoms with Gasteiger partial charge in [-0.3, -0.25) is 9.88 Å². The van der Waals surface area contributed by atoms with Gasteiger partial charge in [0.2, 0.25) is 0 Å². The molecule has 1 amide bonds. The smallest absolute Gasteiger partial charge is 0.410 e. The molecule has 0 N–H and O–H groups in total. The number of hydrogen-bond acceptors (Lipinski definition) is 3. The minimum absolute atomic E-state index is 0.255. The number of nitrogens with zero attached hydrogens (tertiary/aromatic N) is 2. The Bertz CT molecular complexity index is 339. The highest BCUT2D eigenvalue weighted by Gasteiger charge is 2.21. The topological polar surface area (TPSA) is 42.4 Å². The summed E-state index contributed by atoms with van der Waals surface area (Å²) in [5.74, 6) is 0. The molecular formula is C9H9BrN2O2. The second-order valence-electron chi connectivity index (χ2n) is 3.00. The largest absolute Gasteiger partial charge is 0.448 e. The van der Waals surface area contributed by atoms with E-state index in [0.29, 0.717) is 19.7 Å². The van der Waals surface area contributed by atoms with E-state index in [1.54, 1.807) is 11.1 Å². The summed E-state index contributed by atoms with van der Waals surface area (Å²) in [4.78, 5) is 16.9. The third-order valence-corrected chi connectivity index (χ3v) is 2.46. The average Bonchev–Trinajstić information content (AvgIpc) is 2.56. The number of rotatable bonds is 2. The Morgan fingerprint density at radius 1 is 1.57 bits per heavy atom. The normalized spacial score (nSPS) is 15.8. The summed E-state index contributed by atoms with van der Waals surface area (Å²) in [6, 6.07) is 3.79. The highest BCUT2D eigenvalue weighted by atomic mass is 79.9. The van der Waals surface area contributed by atoms with E-state index in [4.69, 9.17) is 4.74 Å². The van der Waals surface area contributed by atoms with Crippen LogP contribution in [0.3, 0.4) is 0 Å². The quantitative estimate of drug-likeness (QED) is 0.811. The van der Waals surface area contributed by atoms with Crippen LogP contribution in [-0.4, -0.2) is 29.1 Å². The van der Waals surface area contributed by atoms with Gasteiger partial charge < -0.3 is 4.74 Å². The molecule has 0 radical (unpaired) electrons. The number of halogens is 1. The van der Waals surface area contributed by atoms with Crippen LogP contribution in [0.2, 0.25) is 0 Å². The number of ether oxygens (including phenoxy) is 1. The molecule has 0 aliphatic carbocycles. The molecule has 1 aliphatic heterocycles. The maximum absolute atomic E-state index is 11.1. The standard InChI is InChI=1S/C9H9BrN2O2/c10-7-1-2-8(11-5-7)6-12-3-4-14-9(12)13/h1-2,5H,3-4,6H2. The van der Waals surface area contributed by atoms with Crippen LogP contribution in [0.5, 0.6) is 0 Å². The molecule has 5 heteroatoms. The van der Waals surface area contributed by atoms with Crippen LogP contribution in [-0.2, 0) is 11.3 Å². The number of carbonyl (C=O) groups is 1. The number of cyclic esters (lactones) is 1. The van der Waals surface area contributed by atoms with E-state index < -0.39 is 0 Å². The molecule has 0 saturated carbocycles. The van der Waals surface area contributed by atoms with Crippen LogP contribution in [0.25, 0.3) is 0 Å². The average molecular weight is 257 g/mol. The summed E-state index contributed by atoms with van der Waals surface area (Å²) >= 11 is 3.30. The zero-order chi connectivity index (χ0) is 9.97. The summed E-state index contributed by atoms with van der Waals surface area (Å²) < 4.78 is 5.75. The minimum Gasteiger partial charge on any atom is -0.448 e. The molecule has 1 aromatic heterocycles. The van der Waals surface area contributed by atoms with Gasteiger partial charge in [0.05, 0.1) is 18.8 Å². The first-order valence-electron chi connectivity index (χ1n) is 4.28. The highest BCUT2D eigenvalue weighted by molar-refractivity contribution is 9.10. The van der Waals surface area contributed by atoms with Crippen molar-refractivity contribution in [1.82, 2.24) is 9.88 Å². The van der Waals surface area contributed by atoms with Crippen molar-refractivity contribution in [2.45, 2.75) is 6.54 Å². The van der Waals surface area contributed by atoms with Gasteiger partial charge in [0.15, 0.2) is 0 Å². The summed E-state index contributed by atoms with van der Waals surface area (Å²) in [6.07, 6.45) is 1.46. The maximum Gasteiger partial charge on any atom is 0.410 e. The third-order valence-electron chi connectivity index (χ3n) is 1.99. The highest BCUT2D eigenvalue weighted by Crippen LogP contribution is 2.11. The first-order valence-corrected chi connectivity index (χ1v) is 5.07.